The summed E-state index contributed by atoms with van der Waals surface area (Å²) in [6.07, 6.45) is 1.18. The van der Waals surface area contributed by atoms with E-state index in [4.69, 9.17) is 23.2 Å². The molecule has 1 aliphatic heterocycles. The lowest BCUT2D eigenvalue weighted by atomic mass is 9.98. The van der Waals surface area contributed by atoms with Crippen molar-refractivity contribution in [2.75, 3.05) is 18.4 Å². The van der Waals surface area contributed by atoms with E-state index in [-0.39, 0.29) is 23.9 Å². The van der Waals surface area contributed by atoms with Crippen LogP contribution in [0.25, 0.3) is 11.0 Å². The second-order valence-corrected chi connectivity index (χ2v) is 11.1. The lowest BCUT2D eigenvalue weighted by Crippen LogP contribution is -2.44. The van der Waals surface area contributed by atoms with Gasteiger partial charge in [0.05, 0.1) is 32.7 Å². The zero-order valence-corrected chi connectivity index (χ0v) is 20.5. The van der Waals surface area contributed by atoms with Crippen LogP contribution in [0.5, 0.6) is 0 Å². The summed E-state index contributed by atoms with van der Waals surface area (Å²) in [6, 6.07) is 10.0. The van der Waals surface area contributed by atoms with Gasteiger partial charge in [0.25, 0.3) is 0 Å². The van der Waals surface area contributed by atoms with Crippen molar-refractivity contribution in [3.8, 4) is 0 Å². The highest BCUT2D eigenvalue weighted by molar-refractivity contribution is 7.88. The number of hydrogen-bond acceptors (Lipinski definition) is 4. The number of halogens is 2. The van der Waals surface area contributed by atoms with Crippen molar-refractivity contribution < 1.29 is 13.2 Å². The summed E-state index contributed by atoms with van der Waals surface area (Å²) in [5.74, 6) is -0.931. The number of imidazole rings is 1. The minimum absolute atomic E-state index is 0.113. The molecule has 0 spiro atoms. The number of sulfonamides is 1. The van der Waals surface area contributed by atoms with E-state index in [1.54, 1.807) is 55.1 Å². The maximum Gasteiger partial charge on any atom is 0.328 e. The van der Waals surface area contributed by atoms with Crippen molar-refractivity contribution in [2.45, 2.75) is 18.6 Å². The van der Waals surface area contributed by atoms with E-state index in [1.165, 1.54) is 8.87 Å². The topological polar surface area (TPSA) is 93.4 Å². The Balaban J connectivity index is 1.47. The summed E-state index contributed by atoms with van der Waals surface area (Å²) in [5.41, 5.74) is 2.42. The van der Waals surface area contributed by atoms with Gasteiger partial charge in [0.1, 0.15) is 0 Å². The molecule has 1 aromatic heterocycles. The highest BCUT2D eigenvalue weighted by Gasteiger charge is 2.32. The number of aryl methyl sites for hydroxylation is 2. The molecule has 1 fully saturated rings. The van der Waals surface area contributed by atoms with Crippen molar-refractivity contribution in [1.82, 2.24) is 13.4 Å². The first-order valence-corrected chi connectivity index (χ1v) is 12.8. The quantitative estimate of drug-likeness (QED) is 0.569. The third-order valence-corrected chi connectivity index (χ3v) is 8.58. The van der Waals surface area contributed by atoms with Gasteiger partial charge < -0.3 is 5.32 Å². The number of anilines is 1. The molecule has 1 aliphatic rings. The molecule has 2 aromatic carbocycles. The zero-order valence-electron chi connectivity index (χ0n) is 18.2. The SMILES string of the molecule is Cn1c(=O)n(C)c2cc(NC(=O)[C@H]3CCCN(S(=O)(=O)Cc4ccc(Cl)c(Cl)c4)C3)ccc21. The number of carbonyl (C=O) groups is 1. The first kappa shape index (κ1) is 23.8. The van der Waals surface area contributed by atoms with Crippen molar-refractivity contribution >= 4 is 55.9 Å². The minimum Gasteiger partial charge on any atom is -0.326 e. The van der Waals surface area contributed by atoms with Gasteiger partial charge in [0, 0.05) is 32.9 Å². The van der Waals surface area contributed by atoms with Crippen molar-refractivity contribution in [1.29, 1.82) is 0 Å². The summed E-state index contributed by atoms with van der Waals surface area (Å²) in [6.45, 7) is 0.479. The number of fused-ring (bicyclic) bond motifs is 1. The predicted molar refractivity (Wildman–Crippen MR) is 130 cm³/mol. The summed E-state index contributed by atoms with van der Waals surface area (Å²) in [4.78, 5) is 25.1. The van der Waals surface area contributed by atoms with Crippen LogP contribution < -0.4 is 11.0 Å². The second-order valence-electron chi connectivity index (χ2n) is 8.30. The average Bonchev–Trinajstić information content (AvgIpc) is 3.00. The fraction of sp³-hybridized carbons (Fsp3) is 0.364. The largest absolute Gasteiger partial charge is 0.328 e. The van der Waals surface area contributed by atoms with Gasteiger partial charge in [-0.1, -0.05) is 29.3 Å². The number of hydrogen-bond donors (Lipinski definition) is 1. The molecule has 176 valence electrons. The molecule has 0 saturated carbocycles. The number of carbonyl (C=O) groups excluding carboxylic acids is 1. The Kier molecular flexibility index (Phi) is 6.59. The molecule has 2 heterocycles. The zero-order chi connectivity index (χ0) is 23.9. The van der Waals surface area contributed by atoms with Crippen LogP contribution >= 0.6 is 23.2 Å². The normalized spacial score (nSPS) is 17.4. The van der Waals surface area contributed by atoms with Gasteiger partial charge in [0.2, 0.25) is 15.9 Å². The van der Waals surface area contributed by atoms with E-state index in [0.717, 1.165) is 5.52 Å². The van der Waals surface area contributed by atoms with Gasteiger partial charge in [-0.2, -0.15) is 0 Å². The van der Waals surface area contributed by atoms with Gasteiger partial charge in [-0.05, 0) is 48.7 Å². The monoisotopic (exact) mass is 510 g/mol. The van der Waals surface area contributed by atoms with Gasteiger partial charge in [0.15, 0.2) is 0 Å². The van der Waals surface area contributed by atoms with Crippen LogP contribution in [0.4, 0.5) is 5.69 Å². The van der Waals surface area contributed by atoms with Crippen LogP contribution in [0.3, 0.4) is 0 Å². The molecule has 1 N–H and O–H groups in total. The minimum atomic E-state index is -3.63. The van der Waals surface area contributed by atoms with Crippen molar-refractivity contribution in [2.24, 2.45) is 20.0 Å². The average molecular weight is 511 g/mol. The van der Waals surface area contributed by atoms with Crippen LogP contribution in [-0.4, -0.2) is 40.9 Å². The Morgan fingerprint density at radius 1 is 1.06 bits per heavy atom. The third kappa shape index (κ3) is 4.82. The molecule has 3 aromatic rings. The van der Waals surface area contributed by atoms with Crippen LogP contribution in [0, 0.1) is 5.92 Å². The number of benzene rings is 2. The predicted octanol–water partition coefficient (Wildman–Crippen LogP) is 3.36. The lowest BCUT2D eigenvalue weighted by Gasteiger charge is -2.31. The first-order chi connectivity index (χ1) is 15.6. The number of nitrogens with zero attached hydrogens (tertiary/aromatic N) is 3. The van der Waals surface area contributed by atoms with Gasteiger partial charge in [-0.25, -0.2) is 17.5 Å². The molecule has 11 heteroatoms. The number of aromatic nitrogens is 2. The molecular formula is C22H24Cl2N4O4S. The van der Waals surface area contributed by atoms with Crippen molar-refractivity contribution in [3.63, 3.8) is 0 Å². The maximum absolute atomic E-state index is 13.0. The number of nitrogens with one attached hydrogen (secondary N) is 1. The number of piperidine rings is 1. The Morgan fingerprint density at radius 3 is 2.52 bits per heavy atom. The Bertz CT molecular complexity index is 1400. The molecule has 1 amide bonds. The maximum atomic E-state index is 13.0. The molecule has 33 heavy (non-hydrogen) atoms. The second kappa shape index (κ2) is 9.13. The molecule has 4 rings (SSSR count). The highest BCUT2D eigenvalue weighted by atomic mass is 35.5. The van der Waals surface area contributed by atoms with Gasteiger partial charge in [-0.15, -0.1) is 0 Å². The smallest absolute Gasteiger partial charge is 0.326 e. The standard InChI is InChI=1S/C22H24Cl2N4O4S/c1-26-19-8-6-16(11-20(19)27(2)22(26)30)25-21(29)15-4-3-9-28(12-15)33(31,32)13-14-5-7-17(23)18(24)10-14/h5-8,10-11,15H,3-4,9,12-13H2,1-2H3,(H,25,29)/t15-/m0/s1. The summed E-state index contributed by atoms with van der Waals surface area (Å²) >= 11 is 11.9. The fourth-order valence-electron chi connectivity index (χ4n) is 4.17. The van der Waals surface area contributed by atoms with E-state index in [9.17, 15) is 18.0 Å². The first-order valence-electron chi connectivity index (χ1n) is 10.4. The summed E-state index contributed by atoms with van der Waals surface area (Å²) < 4.78 is 30.4. The van der Waals surface area contributed by atoms with Crippen molar-refractivity contribution in [3.05, 3.63) is 62.5 Å². The van der Waals surface area contributed by atoms with Gasteiger partial charge in [-0.3, -0.25) is 13.9 Å². The van der Waals surface area contributed by atoms with E-state index in [2.05, 4.69) is 5.32 Å². The van der Waals surface area contributed by atoms with E-state index in [0.29, 0.717) is 46.2 Å². The molecule has 8 nitrogen and oxygen atoms in total. The molecule has 1 atom stereocenters. The number of amides is 1. The Labute approximate surface area is 201 Å². The van der Waals surface area contributed by atoms with Crippen LogP contribution in [0.2, 0.25) is 10.0 Å². The fourth-order valence-corrected chi connectivity index (χ4v) is 6.09. The Morgan fingerprint density at radius 2 is 1.79 bits per heavy atom. The molecular weight excluding hydrogens is 487 g/mol. The molecule has 0 unspecified atom stereocenters. The van der Waals surface area contributed by atoms with E-state index < -0.39 is 15.9 Å². The molecule has 0 radical (unpaired) electrons. The summed E-state index contributed by atoms with van der Waals surface area (Å²) in [7, 11) is -0.264. The summed E-state index contributed by atoms with van der Waals surface area (Å²) in [5, 5.41) is 3.54. The van der Waals surface area contributed by atoms with Crippen LogP contribution in [-0.2, 0) is 34.7 Å². The van der Waals surface area contributed by atoms with E-state index in [1.807, 2.05) is 0 Å². The molecule has 0 bridgehead atoms. The highest BCUT2D eigenvalue weighted by Crippen LogP contribution is 2.27. The third-order valence-electron chi connectivity index (χ3n) is 6.02. The van der Waals surface area contributed by atoms with E-state index >= 15 is 0 Å². The Hall–Kier alpha value is -2.33. The lowest BCUT2D eigenvalue weighted by molar-refractivity contribution is -0.120. The number of rotatable bonds is 5. The van der Waals surface area contributed by atoms with Crippen LogP contribution in [0.1, 0.15) is 18.4 Å². The van der Waals surface area contributed by atoms with Gasteiger partial charge >= 0.3 is 5.69 Å². The van der Waals surface area contributed by atoms with Crippen LogP contribution in [0.15, 0.2) is 41.2 Å². The molecule has 1 saturated heterocycles. The molecule has 0 aliphatic carbocycles.